The van der Waals surface area contributed by atoms with Crippen molar-refractivity contribution in [3.63, 3.8) is 0 Å². The summed E-state index contributed by atoms with van der Waals surface area (Å²) in [6.07, 6.45) is 0. The zero-order valence-electron chi connectivity index (χ0n) is 18.5. The van der Waals surface area contributed by atoms with Crippen molar-refractivity contribution in [1.82, 2.24) is 9.97 Å². The minimum Gasteiger partial charge on any atom is -0.497 e. The lowest BCUT2D eigenvalue weighted by molar-refractivity contribution is 0.395. The first-order valence-corrected chi connectivity index (χ1v) is 11.8. The van der Waals surface area contributed by atoms with Crippen LogP contribution in [0.15, 0.2) is 65.6 Å². The summed E-state index contributed by atoms with van der Waals surface area (Å²) in [6, 6.07) is 16.6. The number of benzene rings is 3. The van der Waals surface area contributed by atoms with Crippen LogP contribution in [0.2, 0.25) is 5.02 Å². The average Bonchev–Trinajstić information content (AvgIpc) is 2.83. The van der Waals surface area contributed by atoms with Crippen LogP contribution in [0.1, 0.15) is 0 Å². The Balaban J connectivity index is 1.81. The van der Waals surface area contributed by atoms with Gasteiger partial charge in [0.1, 0.15) is 22.1 Å². The Bertz CT molecular complexity index is 1440. The number of nitrogens with zero attached hydrogens (tertiary/aromatic N) is 2. The van der Waals surface area contributed by atoms with Crippen LogP contribution in [0, 0.1) is 0 Å². The summed E-state index contributed by atoms with van der Waals surface area (Å²) in [6.45, 7) is 0. The zero-order chi connectivity index (χ0) is 24.3. The summed E-state index contributed by atoms with van der Waals surface area (Å²) in [5, 5.41) is 3.35. The molecule has 3 aromatic carbocycles. The van der Waals surface area contributed by atoms with E-state index < -0.39 is 10.0 Å². The maximum atomic E-state index is 13.3. The lowest BCUT2D eigenvalue weighted by Gasteiger charge is -2.16. The molecule has 0 aliphatic rings. The fraction of sp³-hybridized carbons (Fsp3) is 0.130. The number of methoxy groups -OCH3 is 3. The number of rotatable bonds is 8. The van der Waals surface area contributed by atoms with Crippen LogP contribution < -0.4 is 24.2 Å². The number of ether oxygens (including phenoxy) is 3. The molecule has 4 rings (SSSR count). The van der Waals surface area contributed by atoms with Crippen molar-refractivity contribution in [2.75, 3.05) is 31.4 Å². The highest BCUT2D eigenvalue weighted by molar-refractivity contribution is 7.92. The first-order chi connectivity index (χ1) is 16.3. The van der Waals surface area contributed by atoms with E-state index in [9.17, 15) is 8.42 Å². The van der Waals surface area contributed by atoms with Crippen molar-refractivity contribution in [3.8, 4) is 17.2 Å². The second-order valence-corrected chi connectivity index (χ2v) is 9.12. The number of anilines is 3. The van der Waals surface area contributed by atoms with Gasteiger partial charge < -0.3 is 19.5 Å². The van der Waals surface area contributed by atoms with Gasteiger partial charge >= 0.3 is 0 Å². The maximum absolute atomic E-state index is 13.3. The predicted molar refractivity (Wildman–Crippen MR) is 131 cm³/mol. The number of hydrogen-bond donors (Lipinski definition) is 2. The minimum absolute atomic E-state index is 0.0116. The maximum Gasteiger partial charge on any atom is 0.266 e. The van der Waals surface area contributed by atoms with Gasteiger partial charge in [-0.15, -0.1) is 0 Å². The van der Waals surface area contributed by atoms with Gasteiger partial charge in [0.2, 0.25) is 0 Å². The quantitative estimate of drug-likeness (QED) is 0.353. The van der Waals surface area contributed by atoms with E-state index in [1.165, 1.54) is 33.5 Å². The second-order valence-electron chi connectivity index (χ2n) is 7.04. The molecule has 0 amide bonds. The standard InChI is InChI=1S/C23H21ClN4O5S/c1-31-16-11-15(12-17(13-16)32-2)25-22-23(27-19-7-5-4-6-18(19)26-22)28-34(29,30)21-10-14(24)8-9-20(21)33-3/h4-13H,1-3H3,(H,25,26)(H,27,28). The van der Waals surface area contributed by atoms with Gasteiger partial charge in [-0.1, -0.05) is 23.7 Å². The highest BCUT2D eigenvalue weighted by Gasteiger charge is 2.23. The van der Waals surface area contributed by atoms with E-state index in [0.29, 0.717) is 28.2 Å². The fourth-order valence-corrected chi connectivity index (χ4v) is 4.66. The summed E-state index contributed by atoms with van der Waals surface area (Å²) in [5.41, 5.74) is 1.64. The van der Waals surface area contributed by atoms with Gasteiger partial charge in [-0.2, -0.15) is 0 Å². The highest BCUT2D eigenvalue weighted by atomic mass is 35.5. The van der Waals surface area contributed by atoms with E-state index in [-0.39, 0.29) is 27.3 Å². The topological polar surface area (TPSA) is 112 Å². The Morgan fingerprint density at radius 3 is 2.00 bits per heavy atom. The largest absolute Gasteiger partial charge is 0.497 e. The van der Waals surface area contributed by atoms with Crippen LogP contribution in [0.5, 0.6) is 17.2 Å². The predicted octanol–water partition coefficient (Wildman–Crippen LogP) is 4.85. The Labute approximate surface area is 201 Å². The first-order valence-electron chi connectivity index (χ1n) is 9.96. The number of sulfonamides is 1. The summed E-state index contributed by atoms with van der Waals surface area (Å²) >= 11 is 6.04. The monoisotopic (exact) mass is 500 g/mol. The molecule has 0 aliphatic carbocycles. The molecule has 176 valence electrons. The van der Waals surface area contributed by atoms with Gasteiger partial charge in [-0.3, -0.25) is 4.72 Å². The number of para-hydroxylation sites is 2. The minimum atomic E-state index is -4.14. The normalized spacial score (nSPS) is 11.2. The van der Waals surface area contributed by atoms with Crippen LogP contribution >= 0.6 is 11.6 Å². The van der Waals surface area contributed by atoms with Gasteiger partial charge in [0.15, 0.2) is 11.6 Å². The van der Waals surface area contributed by atoms with E-state index in [4.69, 9.17) is 25.8 Å². The van der Waals surface area contributed by atoms with E-state index in [1.807, 2.05) is 6.07 Å². The van der Waals surface area contributed by atoms with Crippen LogP contribution in [0.25, 0.3) is 11.0 Å². The first kappa shape index (κ1) is 23.4. The smallest absolute Gasteiger partial charge is 0.266 e. The lowest BCUT2D eigenvalue weighted by atomic mass is 10.2. The Kier molecular flexibility index (Phi) is 6.62. The van der Waals surface area contributed by atoms with Crippen molar-refractivity contribution in [2.45, 2.75) is 4.90 Å². The van der Waals surface area contributed by atoms with E-state index >= 15 is 0 Å². The SMILES string of the molecule is COc1cc(Nc2nc3ccccc3nc2NS(=O)(=O)c2cc(Cl)ccc2OC)cc(OC)c1. The molecule has 34 heavy (non-hydrogen) atoms. The molecule has 1 heterocycles. The molecule has 0 saturated carbocycles. The molecule has 0 aliphatic heterocycles. The van der Waals surface area contributed by atoms with Crippen LogP contribution in [-0.2, 0) is 10.0 Å². The third-order valence-corrected chi connectivity index (χ3v) is 6.43. The molecule has 2 N–H and O–H groups in total. The molecule has 9 nitrogen and oxygen atoms in total. The molecule has 0 radical (unpaired) electrons. The Hall–Kier alpha value is -3.76. The highest BCUT2D eigenvalue weighted by Crippen LogP contribution is 2.33. The van der Waals surface area contributed by atoms with Crippen LogP contribution in [-0.4, -0.2) is 39.7 Å². The van der Waals surface area contributed by atoms with Gasteiger partial charge in [0.05, 0.1) is 32.4 Å². The molecule has 1 aromatic heterocycles. The molecule has 0 fully saturated rings. The van der Waals surface area contributed by atoms with Gasteiger partial charge in [0, 0.05) is 28.9 Å². The number of fused-ring (bicyclic) bond motifs is 1. The number of aromatic nitrogens is 2. The molecule has 0 atom stereocenters. The van der Waals surface area contributed by atoms with E-state index in [2.05, 4.69) is 20.0 Å². The lowest BCUT2D eigenvalue weighted by Crippen LogP contribution is -2.17. The molecule has 11 heteroatoms. The summed E-state index contributed by atoms with van der Waals surface area (Å²) < 4.78 is 44.9. The molecule has 4 aromatic rings. The average molecular weight is 501 g/mol. The summed E-state index contributed by atoms with van der Waals surface area (Å²) in [4.78, 5) is 8.94. The Morgan fingerprint density at radius 2 is 1.41 bits per heavy atom. The second kappa shape index (κ2) is 9.62. The molecular formula is C23H21ClN4O5S. The molecular weight excluding hydrogens is 480 g/mol. The van der Waals surface area contributed by atoms with Crippen molar-refractivity contribution in [3.05, 3.63) is 65.7 Å². The van der Waals surface area contributed by atoms with Crippen molar-refractivity contribution < 1.29 is 22.6 Å². The van der Waals surface area contributed by atoms with Crippen molar-refractivity contribution >= 4 is 50.0 Å². The molecule has 0 spiro atoms. The Morgan fingerprint density at radius 1 is 0.794 bits per heavy atom. The van der Waals surface area contributed by atoms with E-state index in [1.54, 1.807) is 42.5 Å². The van der Waals surface area contributed by atoms with Gasteiger partial charge in [-0.25, -0.2) is 18.4 Å². The molecule has 0 bridgehead atoms. The van der Waals surface area contributed by atoms with Gasteiger partial charge in [0.25, 0.3) is 10.0 Å². The van der Waals surface area contributed by atoms with E-state index in [0.717, 1.165) is 0 Å². The van der Waals surface area contributed by atoms with Crippen LogP contribution in [0.3, 0.4) is 0 Å². The number of halogens is 1. The summed E-state index contributed by atoms with van der Waals surface area (Å²) in [7, 11) is 0.305. The fourth-order valence-electron chi connectivity index (χ4n) is 3.22. The zero-order valence-corrected chi connectivity index (χ0v) is 20.1. The molecule has 0 saturated heterocycles. The third-order valence-electron chi connectivity index (χ3n) is 4.83. The number of nitrogens with one attached hydrogen (secondary N) is 2. The molecule has 0 unspecified atom stereocenters. The van der Waals surface area contributed by atoms with Crippen molar-refractivity contribution in [1.29, 1.82) is 0 Å². The van der Waals surface area contributed by atoms with Crippen LogP contribution in [0.4, 0.5) is 17.3 Å². The van der Waals surface area contributed by atoms with Crippen molar-refractivity contribution in [2.24, 2.45) is 0 Å². The van der Waals surface area contributed by atoms with Gasteiger partial charge in [-0.05, 0) is 30.3 Å². The summed E-state index contributed by atoms with van der Waals surface area (Å²) in [5.74, 6) is 1.39. The number of hydrogen-bond acceptors (Lipinski definition) is 8. The third kappa shape index (κ3) is 4.92.